The molecule has 2 N–H and O–H groups in total. The number of hydrogen-bond donors (Lipinski definition) is 2. The van der Waals surface area contributed by atoms with E-state index in [1.54, 1.807) is 55.5 Å². The molecule has 0 saturated carbocycles. The Morgan fingerprint density at radius 1 is 1.07 bits per heavy atom. The van der Waals surface area contributed by atoms with Crippen LogP contribution in [0.1, 0.15) is 23.0 Å². The van der Waals surface area contributed by atoms with Crippen molar-refractivity contribution in [3.05, 3.63) is 76.2 Å². The number of halogens is 2. The summed E-state index contributed by atoms with van der Waals surface area (Å²) in [5.74, 6) is -0.112. The van der Waals surface area contributed by atoms with E-state index in [9.17, 15) is 9.59 Å². The minimum atomic E-state index is -0.785. The van der Waals surface area contributed by atoms with Crippen LogP contribution in [-0.2, 0) is 4.79 Å². The number of nitrogens with one attached hydrogen (secondary N) is 2. The highest BCUT2D eigenvalue weighted by molar-refractivity contribution is 6.35. The predicted octanol–water partition coefficient (Wildman–Crippen LogP) is 5.55. The van der Waals surface area contributed by atoms with Crippen LogP contribution < -0.4 is 15.4 Å². The van der Waals surface area contributed by atoms with E-state index in [0.717, 1.165) is 5.56 Å². The number of carbonyl (C=O) groups is 2. The molecule has 0 bridgehead atoms. The zero-order chi connectivity index (χ0) is 21.0. The second-order valence-electron chi connectivity index (χ2n) is 6.29. The lowest BCUT2D eigenvalue weighted by Crippen LogP contribution is -2.30. The molecule has 0 unspecified atom stereocenters. The van der Waals surface area contributed by atoms with Crippen molar-refractivity contribution in [2.75, 3.05) is 10.6 Å². The largest absolute Gasteiger partial charge is 0.479 e. The van der Waals surface area contributed by atoms with E-state index in [0.29, 0.717) is 27.2 Å². The molecule has 1 aromatic heterocycles. The highest BCUT2D eigenvalue weighted by Crippen LogP contribution is 2.28. The maximum absolute atomic E-state index is 12.4. The van der Waals surface area contributed by atoms with Crippen molar-refractivity contribution in [2.24, 2.45) is 0 Å². The molecule has 2 aromatic carbocycles. The zero-order valence-electron chi connectivity index (χ0n) is 15.7. The summed E-state index contributed by atoms with van der Waals surface area (Å²) in [6.07, 6.45) is 0.647. The Kier molecular flexibility index (Phi) is 6.46. The molecule has 0 spiro atoms. The summed E-state index contributed by atoms with van der Waals surface area (Å²) in [4.78, 5) is 24.5. The SMILES string of the molecule is Cc1cc(NC(=O)[C@@H](C)Oc2ccc(Cl)cc2Cl)ccc1NC(=O)c1ccco1. The molecule has 0 aliphatic carbocycles. The first-order valence-corrected chi connectivity index (χ1v) is 9.47. The molecule has 1 heterocycles. The fourth-order valence-corrected chi connectivity index (χ4v) is 2.99. The lowest BCUT2D eigenvalue weighted by atomic mass is 10.1. The number of rotatable bonds is 6. The maximum atomic E-state index is 12.4. The van der Waals surface area contributed by atoms with Crippen molar-refractivity contribution in [1.82, 2.24) is 0 Å². The maximum Gasteiger partial charge on any atom is 0.291 e. The van der Waals surface area contributed by atoms with Gasteiger partial charge in [-0.1, -0.05) is 23.2 Å². The van der Waals surface area contributed by atoms with Gasteiger partial charge in [-0.2, -0.15) is 0 Å². The Balaban J connectivity index is 1.62. The fourth-order valence-electron chi connectivity index (χ4n) is 2.53. The van der Waals surface area contributed by atoms with Crippen LogP contribution in [0, 0.1) is 6.92 Å². The third-order valence-electron chi connectivity index (χ3n) is 4.05. The molecule has 6 nitrogen and oxygen atoms in total. The van der Waals surface area contributed by atoms with Crippen LogP contribution in [-0.4, -0.2) is 17.9 Å². The molecular weight excluding hydrogens is 415 g/mol. The first-order chi connectivity index (χ1) is 13.8. The van der Waals surface area contributed by atoms with Gasteiger partial charge in [-0.3, -0.25) is 9.59 Å². The topological polar surface area (TPSA) is 80.6 Å². The molecule has 1 atom stereocenters. The summed E-state index contributed by atoms with van der Waals surface area (Å²) in [5.41, 5.74) is 1.96. The van der Waals surface area contributed by atoms with Gasteiger partial charge in [0, 0.05) is 16.4 Å². The Hall–Kier alpha value is -2.96. The third kappa shape index (κ3) is 5.31. The van der Waals surface area contributed by atoms with Crippen LogP contribution in [0.25, 0.3) is 0 Å². The van der Waals surface area contributed by atoms with E-state index in [4.69, 9.17) is 32.4 Å². The van der Waals surface area contributed by atoms with Crippen molar-refractivity contribution in [3.8, 4) is 5.75 Å². The number of furan rings is 1. The lowest BCUT2D eigenvalue weighted by Gasteiger charge is -2.16. The van der Waals surface area contributed by atoms with Gasteiger partial charge in [-0.05, 0) is 67.9 Å². The van der Waals surface area contributed by atoms with Gasteiger partial charge in [0.15, 0.2) is 11.9 Å². The highest BCUT2D eigenvalue weighted by Gasteiger charge is 2.17. The third-order valence-corrected chi connectivity index (χ3v) is 4.58. The Morgan fingerprint density at radius 2 is 1.86 bits per heavy atom. The van der Waals surface area contributed by atoms with E-state index in [1.165, 1.54) is 6.26 Å². The van der Waals surface area contributed by atoms with E-state index in [-0.39, 0.29) is 17.6 Å². The first kappa shape index (κ1) is 20.8. The number of ether oxygens (including phenoxy) is 1. The molecular formula is C21H18Cl2N2O4. The molecule has 3 aromatic rings. The van der Waals surface area contributed by atoms with Crippen LogP contribution in [0.15, 0.2) is 59.2 Å². The van der Waals surface area contributed by atoms with Crippen LogP contribution >= 0.6 is 23.2 Å². The van der Waals surface area contributed by atoms with Crippen LogP contribution in [0.5, 0.6) is 5.75 Å². The van der Waals surface area contributed by atoms with Crippen molar-refractivity contribution in [2.45, 2.75) is 20.0 Å². The van der Waals surface area contributed by atoms with E-state index < -0.39 is 6.10 Å². The van der Waals surface area contributed by atoms with Crippen molar-refractivity contribution < 1.29 is 18.7 Å². The molecule has 150 valence electrons. The number of hydrogen-bond acceptors (Lipinski definition) is 4. The molecule has 29 heavy (non-hydrogen) atoms. The molecule has 3 rings (SSSR count). The highest BCUT2D eigenvalue weighted by atomic mass is 35.5. The minimum absolute atomic E-state index is 0.216. The molecule has 2 amide bonds. The quantitative estimate of drug-likeness (QED) is 0.534. The van der Waals surface area contributed by atoms with Crippen LogP contribution in [0.4, 0.5) is 11.4 Å². The van der Waals surface area contributed by atoms with E-state index in [2.05, 4.69) is 10.6 Å². The summed E-state index contributed by atoms with van der Waals surface area (Å²) in [5, 5.41) is 6.35. The Morgan fingerprint density at radius 3 is 2.52 bits per heavy atom. The number of amides is 2. The first-order valence-electron chi connectivity index (χ1n) is 8.71. The van der Waals surface area contributed by atoms with Crippen molar-refractivity contribution in [3.63, 3.8) is 0 Å². The van der Waals surface area contributed by atoms with Crippen molar-refractivity contribution >= 4 is 46.4 Å². The second-order valence-corrected chi connectivity index (χ2v) is 7.13. The van der Waals surface area contributed by atoms with E-state index >= 15 is 0 Å². The Bertz CT molecular complexity index is 1040. The van der Waals surface area contributed by atoms with Gasteiger partial charge >= 0.3 is 0 Å². The van der Waals surface area contributed by atoms with Gasteiger partial charge in [0.05, 0.1) is 11.3 Å². The summed E-state index contributed by atoms with van der Waals surface area (Å²) < 4.78 is 10.7. The van der Waals surface area contributed by atoms with Gasteiger partial charge in [-0.15, -0.1) is 0 Å². The van der Waals surface area contributed by atoms with Gasteiger partial charge < -0.3 is 19.8 Å². The molecule has 0 aliphatic rings. The lowest BCUT2D eigenvalue weighted by molar-refractivity contribution is -0.122. The van der Waals surface area contributed by atoms with Gasteiger partial charge in [0.2, 0.25) is 0 Å². The van der Waals surface area contributed by atoms with E-state index in [1.807, 2.05) is 6.92 Å². The second kappa shape index (κ2) is 9.03. The molecule has 0 radical (unpaired) electrons. The molecule has 8 heteroatoms. The van der Waals surface area contributed by atoms with Gasteiger partial charge in [-0.25, -0.2) is 0 Å². The van der Waals surface area contributed by atoms with Crippen LogP contribution in [0.3, 0.4) is 0 Å². The monoisotopic (exact) mass is 432 g/mol. The number of benzene rings is 2. The number of anilines is 2. The molecule has 0 saturated heterocycles. The van der Waals surface area contributed by atoms with Gasteiger partial charge in [0.25, 0.3) is 11.8 Å². The molecule has 0 fully saturated rings. The smallest absolute Gasteiger partial charge is 0.291 e. The summed E-state index contributed by atoms with van der Waals surface area (Å²) in [7, 11) is 0. The predicted molar refractivity (Wildman–Crippen MR) is 113 cm³/mol. The number of carbonyl (C=O) groups excluding carboxylic acids is 2. The summed E-state index contributed by atoms with van der Waals surface area (Å²) >= 11 is 11.9. The van der Waals surface area contributed by atoms with Crippen molar-refractivity contribution in [1.29, 1.82) is 0 Å². The standard InChI is InChI=1S/C21H18Cl2N2O4/c1-12-10-15(6-7-17(12)25-21(27)19-4-3-9-28-19)24-20(26)13(2)29-18-8-5-14(22)11-16(18)23/h3-11,13H,1-2H3,(H,24,26)(H,25,27)/t13-/m1/s1. The normalized spacial score (nSPS) is 11.6. The number of aryl methyl sites for hydroxylation is 1. The zero-order valence-corrected chi connectivity index (χ0v) is 17.2. The summed E-state index contributed by atoms with van der Waals surface area (Å²) in [6, 6.07) is 13.1. The van der Waals surface area contributed by atoms with Gasteiger partial charge in [0.1, 0.15) is 5.75 Å². The Labute approximate surface area is 177 Å². The average molecular weight is 433 g/mol. The minimum Gasteiger partial charge on any atom is -0.479 e. The molecule has 0 aliphatic heterocycles. The summed E-state index contributed by atoms with van der Waals surface area (Å²) in [6.45, 7) is 3.44. The average Bonchev–Trinajstić information content (AvgIpc) is 3.21. The van der Waals surface area contributed by atoms with Crippen LogP contribution in [0.2, 0.25) is 10.0 Å². The fraction of sp³-hybridized carbons (Fsp3) is 0.143.